The summed E-state index contributed by atoms with van der Waals surface area (Å²) >= 11 is 12.0. The average molecular weight is 441 g/mol. The lowest BCUT2D eigenvalue weighted by Gasteiger charge is -2.01. The number of benzene rings is 2. The number of aromatic nitrogens is 2. The molecule has 3 aromatic rings. The van der Waals surface area contributed by atoms with E-state index in [-0.39, 0.29) is 5.91 Å². The lowest BCUT2D eigenvalue weighted by Crippen LogP contribution is -2.13. The van der Waals surface area contributed by atoms with E-state index in [0.29, 0.717) is 15.9 Å². The summed E-state index contributed by atoms with van der Waals surface area (Å²) in [7, 11) is 0. The van der Waals surface area contributed by atoms with Gasteiger partial charge in [-0.25, -0.2) is 0 Å². The normalized spacial score (nSPS) is 10.6. The second kappa shape index (κ2) is 8.11. The Balaban J connectivity index is 1.57. The van der Waals surface area contributed by atoms with Crippen molar-refractivity contribution in [3.8, 4) is 10.6 Å². The maximum absolute atomic E-state index is 12.0. The number of amides is 1. The molecule has 0 bridgehead atoms. The molecule has 0 aliphatic rings. The molecule has 0 saturated heterocycles. The van der Waals surface area contributed by atoms with Crippen LogP contribution >= 0.6 is 50.6 Å². The van der Waals surface area contributed by atoms with Gasteiger partial charge in [0.25, 0.3) is 0 Å². The van der Waals surface area contributed by atoms with E-state index in [2.05, 4.69) is 31.4 Å². The van der Waals surface area contributed by atoms with Crippen molar-refractivity contribution >= 4 is 61.7 Å². The number of rotatable bonds is 5. The Bertz CT molecular complexity index is 837. The summed E-state index contributed by atoms with van der Waals surface area (Å²) in [5, 5.41) is 12.8. The number of nitrogens with one attached hydrogen (secondary N) is 1. The zero-order valence-corrected chi connectivity index (χ0v) is 16.2. The third-order valence-electron chi connectivity index (χ3n) is 2.95. The molecule has 0 saturated carbocycles. The van der Waals surface area contributed by atoms with Crippen LogP contribution in [-0.2, 0) is 4.79 Å². The smallest absolute Gasteiger partial charge is 0.236 e. The van der Waals surface area contributed by atoms with Crippen molar-refractivity contribution in [1.82, 2.24) is 10.2 Å². The Morgan fingerprint density at radius 1 is 1.12 bits per heavy atom. The molecular formula is C16H11BrClN3OS2. The average Bonchev–Trinajstić information content (AvgIpc) is 3.03. The number of carbonyl (C=O) groups is 1. The molecule has 0 atom stereocenters. The first kappa shape index (κ1) is 17.4. The molecule has 3 rings (SSSR count). The summed E-state index contributed by atoms with van der Waals surface area (Å²) in [6.45, 7) is 0. The van der Waals surface area contributed by atoms with E-state index in [1.807, 2.05) is 36.4 Å². The minimum atomic E-state index is -0.117. The molecule has 24 heavy (non-hydrogen) atoms. The number of nitrogens with zero attached hydrogens (tertiary/aromatic N) is 2. The Kier molecular flexibility index (Phi) is 5.89. The first-order chi connectivity index (χ1) is 11.6. The molecule has 1 amide bonds. The van der Waals surface area contributed by atoms with Gasteiger partial charge in [-0.15, -0.1) is 22.0 Å². The molecule has 8 heteroatoms. The number of thioether (sulfide) groups is 1. The fourth-order valence-corrected chi connectivity index (χ4v) is 3.67. The third-order valence-corrected chi connectivity index (χ3v) is 5.63. The van der Waals surface area contributed by atoms with Crippen LogP contribution in [0.3, 0.4) is 0 Å². The van der Waals surface area contributed by atoms with Gasteiger partial charge in [-0.1, -0.05) is 51.0 Å². The van der Waals surface area contributed by atoms with E-state index in [0.717, 1.165) is 19.9 Å². The van der Waals surface area contributed by atoms with E-state index >= 15 is 0 Å². The number of hydrogen-bond acceptors (Lipinski definition) is 5. The van der Waals surface area contributed by atoms with Gasteiger partial charge in [0.05, 0.1) is 5.75 Å². The highest BCUT2D eigenvalue weighted by atomic mass is 79.9. The fraction of sp³-hybridized carbons (Fsp3) is 0.0625. The van der Waals surface area contributed by atoms with Crippen LogP contribution < -0.4 is 5.32 Å². The van der Waals surface area contributed by atoms with Crippen LogP contribution in [0.15, 0.2) is 57.9 Å². The molecule has 1 N–H and O–H groups in total. The van der Waals surface area contributed by atoms with E-state index in [1.165, 1.54) is 23.1 Å². The number of anilines is 1. The minimum Gasteiger partial charge on any atom is -0.300 e. The quantitative estimate of drug-likeness (QED) is 0.543. The molecular weight excluding hydrogens is 430 g/mol. The van der Waals surface area contributed by atoms with E-state index in [4.69, 9.17) is 11.6 Å². The number of hydrogen-bond donors (Lipinski definition) is 1. The highest BCUT2D eigenvalue weighted by molar-refractivity contribution is 9.10. The highest BCUT2D eigenvalue weighted by Crippen LogP contribution is 2.27. The van der Waals surface area contributed by atoms with E-state index in [1.54, 1.807) is 12.1 Å². The van der Waals surface area contributed by atoms with Gasteiger partial charge in [0.15, 0.2) is 0 Å². The standard InChI is InChI=1S/C16H11BrClN3OS2/c17-11-3-1-10(2-4-11)15-20-21-16(24-15)19-14(22)9-23-13-7-5-12(18)6-8-13/h1-8H,9H2,(H,19,21,22). The Morgan fingerprint density at radius 3 is 2.54 bits per heavy atom. The second-order valence-corrected chi connectivity index (χ2v) is 8.09. The van der Waals surface area contributed by atoms with E-state index in [9.17, 15) is 4.79 Å². The highest BCUT2D eigenvalue weighted by Gasteiger charge is 2.10. The fourth-order valence-electron chi connectivity index (χ4n) is 1.82. The number of halogens is 2. The van der Waals surface area contributed by atoms with Crippen molar-refractivity contribution in [1.29, 1.82) is 0 Å². The van der Waals surface area contributed by atoms with Crippen molar-refractivity contribution in [3.63, 3.8) is 0 Å². The van der Waals surface area contributed by atoms with E-state index < -0.39 is 0 Å². The molecule has 2 aromatic carbocycles. The van der Waals surface area contributed by atoms with Gasteiger partial charge in [-0.05, 0) is 36.4 Å². The largest absolute Gasteiger partial charge is 0.300 e. The summed E-state index contributed by atoms with van der Waals surface area (Å²) in [5.74, 6) is 0.183. The van der Waals surface area contributed by atoms with Gasteiger partial charge >= 0.3 is 0 Å². The van der Waals surface area contributed by atoms with Gasteiger partial charge in [0.1, 0.15) is 5.01 Å². The molecule has 122 valence electrons. The molecule has 0 fully saturated rings. The first-order valence-corrected chi connectivity index (χ1v) is 9.85. The van der Waals surface area contributed by atoms with Crippen molar-refractivity contribution in [3.05, 3.63) is 58.0 Å². The number of carbonyl (C=O) groups excluding carboxylic acids is 1. The molecule has 0 aliphatic heterocycles. The van der Waals surface area contributed by atoms with Crippen LogP contribution in [0.25, 0.3) is 10.6 Å². The molecule has 1 aromatic heterocycles. The van der Waals surface area contributed by atoms with Crippen LogP contribution in [0.1, 0.15) is 0 Å². The zero-order valence-electron chi connectivity index (χ0n) is 12.2. The van der Waals surface area contributed by atoms with Crippen LogP contribution in [0.4, 0.5) is 5.13 Å². The topological polar surface area (TPSA) is 54.9 Å². The van der Waals surface area contributed by atoms with Gasteiger partial charge in [-0.3, -0.25) is 10.1 Å². The zero-order chi connectivity index (χ0) is 16.9. The van der Waals surface area contributed by atoms with Crippen LogP contribution in [0, 0.1) is 0 Å². The monoisotopic (exact) mass is 439 g/mol. The van der Waals surface area contributed by atoms with Gasteiger partial charge in [-0.2, -0.15) is 0 Å². The minimum absolute atomic E-state index is 0.117. The maximum atomic E-state index is 12.0. The van der Waals surface area contributed by atoms with Gasteiger partial charge in [0.2, 0.25) is 11.0 Å². The van der Waals surface area contributed by atoms with Crippen molar-refractivity contribution < 1.29 is 4.79 Å². The summed E-state index contributed by atoms with van der Waals surface area (Å²) in [5.41, 5.74) is 0.965. The summed E-state index contributed by atoms with van der Waals surface area (Å²) < 4.78 is 1.00. The van der Waals surface area contributed by atoms with Crippen molar-refractivity contribution in [2.24, 2.45) is 0 Å². The SMILES string of the molecule is O=C(CSc1ccc(Cl)cc1)Nc1nnc(-c2ccc(Br)cc2)s1. The predicted molar refractivity (Wildman–Crippen MR) is 104 cm³/mol. The summed E-state index contributed by atoms with van der Waals surface area (Å²) in [6, 6.07) is 15.2. The Labute approximate surface area is 160 Å². The predicted octanol–water partition coefficient (Wildman–Crippen LogP) is 5.35. The molecule has 4 nitrogen and oxygen atoms in total. The van der Waals surface area contributed by atoms with Crippen molar-refractivity contribution in [2.45, 2.75) is 4.90 Å². The van der Waals surface area contributed by atoms with Gasteiger partial charge < -0.3 is 0 Å². The van der Waals surface area contributed by atoms with Crippen LogP contribution in [-0.4, -0.2) is 21.9 Å². The molecule has 0 spiro atoms. The lowest BCUT2D eigenvalue weighted by molar-refractivity contribution is -0.113. The summed E-state index contributed by atoms with van der Waals surface area (Å²) in [4.78, 5) is 13.0. The lowest BCUT2D eigenvalue weighted by atomic mass is 10.2. The maximum Gasteiger partial charge on any atom is 0.236 e. The first-order valence-electron chi connectivity index (χ1n) is 6.88. The van der Waals surface area contributed by atoms with Gasteiger partial charge in [0, 0.05) is 20.0 Å². The molecule has 0 unspecified atom stereocenters. The van der Waals surface area contributed by atoms with Crippen LogP contribution in [0.2, 0.25) is 5.02 Å². The Morgan fingerprint density at radius 2 is 1.83 bits per heavy atom. The van der Waals surface area contributed by atoms with Crippen molar-refractivity contribution in [2.75, 3.05) is 11.1 Å². The molecule has 0 aliphatic carbocycles. The van der Waals surface area contributed by atoms with Crippen LogP contribution in [0.5, 0.6) is 0 Å². The molecule has 0 radical (unpaired) electrons. The third kappa shape index (κ3) is 4.80. The molecule has 1 heterocycles. The second-order valence-electron chi connectivity index (χ2n) is 4.71. The summed E-state index contributed by atoms with van der Waals surface area (Å²) in [6.07, 6.45) is 0. The Hall–Kier alpha value is -1.41.